The molecule has 0 atom stereocenters. The van der Waals surface area contributed by atoms with Crippen LogP contribution < -0.4 is 10.1 Å². The second kappa shape index (κ2) is 5.71. The lowest BCUT2D eigenvalue weighted by Crippen LogP contribution is -2.08. The fourth-order valence-corrected chi connectivity index (χ4v) is 2.20. The zero-order valence-corrected chi connectivity index (χ0v) is 12.8. The van der Waals surface area contributed by atoms with Crippen molar-refractivity contribution in [1.29, 1.82) is 0 Å². The average Bonchev–Trinajstić information content (AvgIpc) is 3.19. The fraction of sp³-hybridized carbons (Fsp3) is 0.533. The second-order valence-electron chi connectivity index (χ2n) is 5.65. The smallest absolute Gasteiger partial charge is 0.218 e. The molecule has 1 N–H and O–H groups in total. The van der Waals surface area contributed by atoms with Crippen molar-refractivity contribution in [3.8, 4) is 5.88 Å². The van der Waals surface area contributed by atoms with E-state index in [2.05, 4.69) is 26.4 Å². The Hall–Kier alpha value is -2.11. The van der Waals surface area contributed by atoms with E-state index in [1.54, 1.807) is 0 Å². The predicted octanol–water partition coefficient (Wildman–Crippen LogP) is 2.23. The normalized spacial score (nSPS) is 14.2. The first-order valence-electron chi connectivity index (χ1n) is 7.32. The summed E-state index contributed by atoms with van der Waals surface area (Å²) in [7, 11) is 1.94. The Kier molecular flexibility index (Phi) is 3.77. The number of nitrogens with zero attached hydrogens (tertiary/aromatic N) is 4. The number of hydrogen-bond donors (Lipinski definition) is 1. The van der Waals surface area contributed by atoms with Crippen molar-refractivity contribution in [3.63, 3.8) is 0 Å². The molecule has 0 saturated heterocycles. The molecule has 1 fully saturated rings. The van der Waals surface area contributed by atoms with Gasteiger partial charge in [-0.3, -0.25) is 4.68 Å². The van der Waals surface area contributed by atoms with Crippen molar-refractivity contribution in [1.82, 2.24) is 19.7 Å². The van der Waals surface area contributed by atoms with E-state index in [1.807, 2.05) is 31.6 Å². The Labute approximate surface area is 124 Å². The van der Waals surface area contributed by atoms with Crippen LogP contribution >= 0.6 is 0 Å². The van der Waals surface area contributed by atoms with Gasteiger partial charge < -0.3 is 10.1 Å². The van der Waals surface area contributed by atoms with Crippen LogP contribution in [0.25, 0.3) is 0 Å². The van der Waals surface area contributed by atoms with Crippen molar-refractivity contribution in [2.24, 2.45) is 13.0 Å². The van der Waals surface area contributed by atoms with Gasteiger partial charge >= 0.3 is 0 Å². The Morgan fingerprint density at radius 1 is 1.29 bits per heavy atom. The largest absolute Gasteiger partial charge is 0.477 e. The number of ether oxygens (including phenoxy) is 1. The number of hydrogen-bond acceptors (Lipinski definition) is 5. The van der Waals surface area contributed by atoms with Crippen molar-refractivity contribution >= 4 is 5.82 Å². The van der Waals surface area contributed by atoms with Crippen LogP contribution in [-0.4, -0.2) is 26.4 Å². The van der Waals surface area contributed by atoms with Crippen LogP contribution in [0.2, 0.25) is 0 Å². The zero-order chi connectivity index (χ0) is 14.8. The minimum atomic E-state index is 0.651. The second-order valence-corrected chi connectivity index (χ2v) is 5.65. The Morgan fingerprint density at radius 3 is 2.76 bits per heavy atom. The molecule has 6 nitrogen and oxygen atoms in total. The molecule has 0 radical (unpaired) electrons. The highest BCUT2D eigenvalue weighted by Gasteiger charge is 2.22. The molecule has 0 unspecified atom stereocenters. The molecular formula is C15H21N5O. The minimum absolute atomic E-state index is 0.651. The first-order valence-corrected chi connectivity index (χ1v) is 7.32. The van der Waals surface area contributed by atoms with Crippen LogP contribution in [0.4, 0.5) is 5.82 Å². The summed E-state index contributed by atoms with van der Waals surface area (Å²) in [5.74, 6) is 2.87. The highest BCUT2D eigenvalue weighted by molar-refractivity contribution is 5.38. The summed E-state index contributed by atoms with van der Waals surface area (Å²) in [4.78, 5) is 8.72. The average molecular weight is 287 g/mol. The number of aryl methyl sites for hydroxylation is 3. The van der Waals surface area contributed by atoms with E-state index in [9.17, 15) is 0 Å². The summed E-state index contributed by atoms with van der Waals surface area (Å²) in [5, 5.41) is 7.64. The highest BCUT2D eigenvalue weighted by Crippen LogP contribution is 2.29. The molecule has 1 aliphatic carbocycles. The number of rotatable bonds is 6. The molecule has 0 aromatic carbocycles. The van der Waals surface area contributed by atoms with Crippen LogP contribution in [0.5, 0.6) is 5.88 Å². The molecule has 0 amide bonds. The van der Waals surface area contributed by atoms with Gasteiger partial charge in [0, 0.05) is 13.1 Å². The van der Waals surface area contributed by atoms with Gasteiger partial charge in [-0.2, -0.15) is 10.1 Å². The van der Waals surface area contributed by atoms with Crippen LogP contribution in [0.15, 0.2) is 12.1 Å². The van der Waals surface area contributed by atoms with Gasteiger partial charge in [-0.05, 0) is 38.7 Å². The van der Waals surface area contributed by atoms with Crippen molar-refractivity contribution in [3.05, 3.63) is 29.3 Å². The minimum Gasteiger partial charge on any atom is -0.477 e. The summed E-state index contributed by atoms with van der Waals surface area (Å²) in [6.07, 6.45) is 2.55. The number of anilines is 1. The van der Waals surface area contributed by atoms with Crippen LogP contribution in [0, 0.1) is 19.8 Å². The fourth-order valence-electron chi connectivity index (χ4n) is 2.20. The van der Waals surface area contributed by atoms with E-state index in [0.717, 1.165) is 23.8 Å². The Morgan fingerprint density at radius 2 is 2.10 bits per heavy atom. The van der Waals surface area contributed by atoms with Gasteiger partial charge in [-0.1, -0.05) is 0 Å². The molecular weight excluding hydrogens is 266 g/mol. The number of nitrogens with one attached hydrogen (secondary N) is 1. The SMILES string of the molecule is Cc1cc(CNc2cc(OCC3CC3)nc(C)n2)n(C)n1. The third-order valence-corrected chi connectivity index (χ3v) is 3.53. The molecule has 0 bridgehead atoms. The van der Waals surface area contributed by atoms with Crippen molar-refractivity contribution < 1.29 is 4.74 Å². The van der Waals surface area contributed by atoms with E-state index in [1.165, 1.54) is 12.8 Å². The topological polar surface area (TPSA) is 64.9 Å². The summed E-state index contributed by atoms with van der Waals surface area (Å²) < 4.78 is 7.60. The third-order valence-electron chi connectivity index (χ3n) is 3.53. The maximum atomic E-state index is 5.72. The summed E-state index contributed by atoms with van der Waals surface area (Å²) in [6, 6.07) is 3.92. The first kappa shape index (κ1) is 13.9. The third kappa shape index (κ3) is 3.71. The molecule has 1 saturated carbocycles. The van der Waals surface area contributed by atoms with E-state index in [4.69, 9.17) is 4.74 Å². The van der Waals surface area contributed by atoms with Gasteiger partial charge in [0.25, 0.3) is 0 Å². The summed E-state index contributed by atoms with van der Waals surface area (Å²) >= 11 is 0. The molecule has 2 aromatic heterocycles. The van der Waals surface area contributed by atoms with Gasteiger partial charge in [0.05, 0.1) is 24.5 Å². The molecule has 1 aliphatic rings. The van der Waals surface area contributed by atoms with Gasteiger partial charge in [0.15, 0.2) is 0 Å². The molecule has 0 spiro atoms. The van der Waals surface area contributed by atoms with Crippen molar-refractivity contribution in [2.75, 3.05) is 11.9 Å². The van der Waals surface area contributed by atoms with Gasteiger partial charge in [-0.25, -0.2) is 4.98 Å². The lowest BCUT2D eigenvalue weighted by Gasteiger charge is -2.09. The van der Waals surface area contributed by atoms with Gasteiger partial charge in [-0.15, -0.1) is 0 Å². The molecule has 2 aromatic rings. The first-order chi connectivity index (χ1) is 10.1. The van der Waals surface area contributed by atoms with Crippen molar-refractivity contribution in [2.45, 2.75) is 33.2 Å². The molecule has 0 aliphatic heterocycles. The lowest BCUT2D eigenvalue weighted by atomic mass is 10.3. The Bertz CT molecular complexity index is 633. The Balaban J connectivity index is 1.64. The standard InChI is InChI=1S/C15H21N5O/c1-10-6-13(20(3)19-10)8-16-14-7-15(18-11(2)17-14)21-9-12-4-5-12/h6-7,12H,4-5,8-9H2,1-3H3,(H,16,17,18). The molecule has 3 rings (SSSR count). The summed E-state index contributed by atoms with van der Waals surface area (Å²) in [5.41, 5.74) is 2.13. The zero-order valence-electron chi connectivity index (χ0n) is 12.8. The number of aromatic nitrogens is 4. The van der Waals surface area contributed by atoms with Crippen LogP contribution in [0.3, 0.4) is 0 Å². The maximum absolute atomic E-state index is 5.72. The quantitative estimate of drug-likeness (QED) is 0.882. The van der Waals surface area contributed by atoms with E-state index < -0.39 is 0 Å². The molecule has 112 valence electrons. The van der Waals surface area contributed by atoms with E-state index >= 15 is 0 Å². The highest BCUT2D eigenvalue weighted by atomic mass is 16.5. The van der Waals surface area contributed by atoms with Gasteiger partial charge in [0.1, 0.15) is 11.6 Å². The maximum Gasteiger partial charge on any atom is 0.218 e. The molecule has 2 heterocycles. The monoisotopic (exact) mass is 287 g/mol. The van der Waals surface area contributed by atoms with E-state index in [-0.39, 0.29) is 0 Å². The predicted molar refractivity (Wildman–Crippen MR) is 80.3 cm³/mol. The molecule has 21 heavy (non-hydrogen) atoms. The lowest BCUT2D eigenvalue weighted by molar-refractivity contribution is 0.287. The summed E-state index contributed by atoms with van der Waals surface area (Å²) in [6.45, 7) is 5.30. The molecule has 6 heteroatoms. The van der Waals surface area contributed by atoms with Crippen LogP contribution in [-0.2, 0) is 13.6 Å². The van der Waals surface area contributed by atoms with Crippen LogP contribution in [0.1, 0.15) is 30.1 Å². The van der Waals surface area contributed by atoms with E-state index in [0.29, 0.717) is 24.2 Å². The van der Waals surface area contributed by atoms with Gasteiger partial charge in [0.2, 0.25) is 5.88 Å².